The molecule has 2 aromatic rings. The zero-order valence-electron chi connectivity index (χ0n) is 9.87. The van der Waals surface area contributed by atoms with Gasteiger partial charge in [-0.1, -0.05) is 28.1 Å². The lowest BCUT2D eigenvalue weighted by Gasteiger charge is -2.07. The summed E-state index contributed by atoms with van der Waals surface area (Å²) in [5, 5.41) is 3.30. The number of hydrogen-bond acceptors (Lipinski definition) is 3. The molecule has 1 aromatic heterocycles. The maximum Gasteiger partial charge on any atom is 0.130 e. The van der Waals surface area contributed by atoms with Gasteiger partial charge in [0.15, 0.2) is 0 Å². The number of nitrogens with zero attached hydrogens (tertiary/aromatic N) is 2. The Labute approximate surface area is 109 Å². The smallest absolute Gasteiger partial charge is 0.130 e. The molecule has 0 amide bonds. The Morgan fingerprint density at radius 2 is 2.00 bits per heavy atom. The van der Waals surface area contributed by atoms with Gasteiger partial charge in [-0.3, -0.25) is 0 Å². The van der Waals surface area contributed by atoms with Gasteiger partial charge in [0.1, 0.15) is 11.6 Å². The molecule has 3 nitrogen and oxygen atoms in total. The van der Waals surface area contributed by atoms with Gasteiger partial charge in [0.2, 0.25) is 0 Å². The summed E-state index contributed by atoms with van der Waals surface area (Å²) < 4.78 is 1.09. The normalized spacial score (nSPS) is 10.3. The highest BCUT2D eigenvalue weighted by Gasteiger charge is 1.99. The molecule has 0 aliphatic carbocycles. The van der Waals surface area contributed by atoms with Crippen molar-refractivity contribution in [3.8, 4) is 0 Å². The van der Waals surface area contributed by atoms with Gasteiger partial charge in [0, 0.05) is 22.8 Å². The van der Waals surface area contributed by atoms with Gasteiger partial charge >= 0.3 is 0 Å². The molecule has 0 saturated carbocycles. The highest BCUT2D eigenvalue weighted by atomic mass is 79.9. The molecule has 0 aliphatic heterocycles. The topological polar surface area (TPSA) is 37.8 Å². The molecule has 1 N–H and O–H groups in total. The predicted octanol–water partition coefficient (Wildman–Crippen LogP) is 3.47. The first-order valence-corrected chi connectivity index (χ1v) is 6.23. The molecule has 4 heteroatoms. The van der Waals surface area contributed by atoms with E-state index in [1.807, 2.05) is 32.0 Å². The third kappa shape index (κ3) is 3.53. The van der Waals surface area contributed by atoms with Crippen molar-refractivity contribution in [2.45, 2.75) is 20.4 Å². The Morgan fingerprint density at radius 3 is 2.71 bits per heavy atom. The second-order valence-electron chi connectivity index (χ2n) is 3.93. The number of rotatable bonds is 3. The summed E-state index contributed by atoms with van der Waals surface area (Å²) in [6.07, 6.45) is 0. The Morgan fingerprint density at radius 1 is 1.18 bits per heavy atom. The van der Waals surface area contributed by atoms with Crippen LogP contribution in [0.3, 0.4) is 0 Å². The third-order valence-corrected chi connectivity index (χ3v) is 2.82. The van der Waals surface area contributed by atoms with E-state index in [0.717, 1.165) is 28.4 Å². The number of hydrogen-bond donors (Lipinski definition) is 1. The van der Waals surface area contributed by atoms with Gasteiger partial charge in [-0.2, -0.15) is 0 Å². The van der Waals surface area contributed by atoms with Gasteiger partial charge in [0.25, 0.3) is 0 Å². The first-order chi connectivity index (χ1) is 8.13. The average Bonchev–Trinajstić information content (AvgIpc) is 2.25. The first kappa shape index (κ1) is 12.0. The van der Waals surface area contributed by atoms with E-state index in [9.17, 15) is 0 Å². The van der Waals surface area contributed by atoms with Crippen molar-refractivity contribution < 1.29 is 0 Å². The molecule has 0 atom stereocenters. The maximum atomic E-state index is 4.34. The number of nitrogens with one attached hydrogen (secondary N) is 1. The fraction of sp³-hybridized carbons (Fsp3) is 0.231. The van der Waals surface area contributed by atoms with Crippen LogP contribution in [0.4, 0.5) is 5.82 Å². The highest BCUT2D eigenvalue weighted by molar-refractivity contribution is 9.10. The van der Waals surface area contributed by atoms with Crippen LogP contribution in [0.15, 0.2) is 34.8 Å². The summed E-state index contributed by atoms with van der Waals surface area (Å²) in [5.41, 5.74) is 2.20. The monoisotopic (exact) mass is 291 g/mol. The van der Waals surface area contributed by atoms with E-state index in [-0.39, 0.29) is 0 Å². The van der Waals surface area contributed by atoms with Gasteiger partial charge in [-0.25, -0.2) is 9.97 Å². The third-order valence-electron chi connectivity index (χ3n) is 2.33. The molecule has 0 spiro atoms. The number of anilines is 1. The first-order valence-electron chi connectivity index (χ1n) is 5.44. The average molecular weight is 292 g/mol. The molecule has 0 bridgehead atoms. The zero-order valence-corrected chi connectivity index (χ0v) is 11.5. The summed E-state index contributed by atoms with van der Waals surface area (Å²) >= 11 is 3.46. The SMILES string of the molecule is Cc1cc(NCc2cccc(Br)c2)nc(C)n1. The van der Waals surface area contributed by atoms with Gasteiger partial charge in [0.05, 0.1) is 0 Å². The Bertz CT molecular complexity index is 506. The quantitative estimate of drug-likeness (QED) is 0.941. The van der Waals surface area contributed by atoms with Gasteiger partial charge < -0.3 is 5.32 Å². The fourth-order valence-electron chi connectivity index (χ4n) is 1.65. The summed E-state index contributed by atoms with van der Waals surface area (Å²) in [7, 11) is 0. The van der Waals surface area contributed by atoms with Crippen LogP contribution in [0.25, 0.3) is 0 Å². The van der Waals surface area contributed by atoms with Crippen LogP contribution in [0.1, 0.15) is 17.1 Å². The van der Waals surface area contributed by atoms with Gasteiger partial charge in [-0.05, 0) is 31.5 Å². The predicted molar refractivity (Wildman–Crippen MR) is 73.0 cm³/mol. The van der Waals surface area contributed by atoms with Crippen LogP contribution in [-0.2, 0) is 6.54 Å². The van der Waals surface area contributed by atoms with Gasteiger partial charge in [-0.15, -0.1) is 0 Å². The standard InChI is InChI=1S/C13H14BrN3/c1-9-6-13(17-10(2)16-9)15-8-11-4-3-5-12(14)7-11/h3-7H,8H2,1-2H3,(H,15,16,17). The number of benzene rings is 1. The molecule has 0 aliphatic rings. The lowest BCUT2D eigenvalue weighted by atomic mass is 10.2. The van der Waals surface area contributed by atoms with E-state index >= 15 is 0 Å². The van der Waals surface area contributed by atoms with E-state index in [2.05, 4.69) is 43.3 Å². The Balaban J connectivity index is 2.07. The molecular formula is C13H14BrN3. The van der Waals surface area contributed by atoms with E-state index in [0.29, 0.717) is 0 Å². The van der Waals surface area contributed by atoms with Crippen molar-refractivity contribution in [3.05, 3.63) is 51.9 Å². The molecule has 0 saturated heterocycles. The van der Waals surface area contributed by atoms with Crippen molar-refractivity contribution in [2.75, 3.05) is 5.32 Å². The van der Waals surface area contributed by atoms with Crippen LogP contribution >= 0.6 is 15.9 Å². The molecule has 88 valence electrons. The molecule has 1 heterocycles. The maximum absolute atomic E-state index is 4.34. The molecule has 2 rings (SSSR count). The summed E-state index contributed by atoms with van der Waals surface area (Å²) in [6, 6.07) is 10.2. The van der Waals surface area contributed by atoms with Crippen LogP contribution in [0, 0.1) is 13.8 Å². The van der Waals surface area contributed by atoms with Crippen LogP contribution < -0.4 is 5.32 Å². The summed E-state index contributed by atoms with van der Waals surface area (Å²) in [4.78, 5) is 8.58. The minimum atomic E-state index is 0.759. The van der Waals surface area contributed by atoms with E-state index in [1.54, 1.807) is 0 Å². The van der Waals surface area contributed by atoms with E-state index in [1.165, 1.54) is 5.56 Å². The van der Waals surface area contributed by atoms with Crippen molar-refractivity contribution in [1.29, 1.82) is 0 Å². The highest BCUT2D eigenvalue weighted by Crippen LogP contribution is 2.13. The number of aromatic nitrogens is 2. The number of halogens is 1. The largest absolute Gasteiger partial charge is 0.366 e. The van der Waals surface area contributed by atoms with Crippen molar-refractivity contribution in [3.63, 3.8) is 0 Å². The molecule has 0 radical (unpaired) electrons. The summed E-state index contributed by atoms with van der Waals surface area (Å²) in [5.74, 6) is 1.66. The summed E-state index contributed by atoms with van der Waals surface area (Å²) in [6.45, 7) is 4.63. The lowest BCUT2D eigenvalue weighted by Crippen LogP contribution is -2.03. The van der Waals surface area contributed by atoms with Crippen LogP contribution in [0.5, 0.6) is 0 Å². The molecule has 17 heavy (non-hydrogen) atoms. The van der Waals surface area contributed by atoms with Crippen molar-refractivity contribution in [2.24, 2.45) is 0 Å². The van der Waals surface area contributed by atoms with Crippen LogP contribution in [0.2, 0.25) is 0 Å². The van der Waals surface area contributed by atoms with Crippen molar-refractivity contribution >= 4 is 21.7 Å². The Hall–Kier alpha value is -1.42. The molecular weight excluding hydrogens is 278 g/mol. The van der Waals surface area contributed by atoms with Crippen molar-refractivity contribution in [1.82, 2.24) is 9.97 Å². The molecule has 0 fully saturated rings. The number of aryl methyl sites for hydroxylation is 2. The Kier molecular flexibility index (Phi) is 3.74. The second-order valence-corrected chi connectivity index (χ2v) is 4.84. The minimum Gasteiger partial charge on any atom is -0.366 e. The zero-order chi connectivity index (χ0) is 12.3. The fourth-order valence-corrected chi connectivity index (χ4v) is 2.09. The van der Waals surface area contributed by atoms with E-state index in [4.69, 9.17) is 0 Å². The molecule has 0 unspecified atom stereocenters. The molecule has 1 aromatic carbocycles. The second kappa shape index (κ2) is 5.27. The minimum absolute atomic E-state index is 0.759. The lowest BCUT2D eigenvalue weighted by molar-refractivity contribution is 0.991. The van der Waals surface area contributed by atoms with Crippen LogP contribution in [-0.4, -0.2) is 9.97 Å². The van der Waals surface area contributed by atoms with E-state index < -0.39 is 0 Å².